The Hall–Kier alpha value is -2.44. The van der Waals surface area contributed by atoms with Crippen LogP contribution in [-0.4, -0.2) is 59.0 Å². The number of carbonyl (C=O) groups is 1. The number of hydrogen-bond donors (Lipinski definition) is 1. The molecule has 1 amide bonds. The van der Waals surface area contributed by atoms with Gasteiger partial charge in [0, 0.05) is 50.5 Å². The smallest absolute Gasteiger partial charge is 0.253 e. The van der Waals surface area contributed by atoms with Gasteiger partial charge in [-0.1, -0.05) is 6.07 Å². The average Bonchev–Trinajstić information content (AvgIpc) is 3.17. The van der Waals surface area contributed by atoms with Crippen LogP contribution in [0.4, 0.5) is 0 Å². The molecule has 0 saturated carbocycles. The van der Waals surface area contributed by atoms with E-state index < -0.39 is 0 Å². The third kappa shape index (κ3) is 4.69. The van der Waals surface area contributed by atoms with E-state index in [9.17, 15) is 4.79 Å². The molecular weight excluding hydrogens is 352 g/mol. The Kier molecular flexibility index (Phi) is 5.88. The van der Waals surface area contributed by atoms with Crippen LogP contribution in [0, 0.1) is 0 Å². The van der Waals surface area contributed by atoms with E-state index in [0.29, 0.717) is 12.1 Å². The summed E-state index contributed by atoms with van der Waals surface area (Å²) >= 11 is 0. The Morgan fingerprint density at radius 1 is 1.07 bits per heavy atom. The third-order valence-corrected chi connectivity index (χ3v) is 5.56. The molecule has 2 aromatic rings. The van der Waals surface area contributed by atoms with Crippen LogP contribution < -0.4 is 10.5 Å². The summed E-state index contributed by atoms with van der Waals surface area (Å²) in [6, 6.07) is 13.7. The highest BCUT2D eigenvalue weighted by Gasteiger charge is 2.25. The number of nitrogens with two attached hydrogens (primary N) is 1. The number of hydrogen-bond acceptors (Lipinski definition) is 5. The number of aromatic nitrogens is 1. The maximum atomic E-state index is 12.5. The molecule has 2 N–H and O–H groups in total. The Bertz CT molecular complexity index is 773. The van der Waals surface area contributed by atoms with E-state index in [4.69, 9.17) is 10.5 Å². The first-order valence-corrected chi connectivity index (χ1v) is 10.1. The number of pyridine rings is 1. The van der Waals surface area contributed by atoms with E-state index in [-0.39, 0.29) is 18.1 Å². The summed E-state index contributed by atoms with van der Waals surface area (Å²) in [5.74, 6) is 0.889. The van der Waals surface area contributed by atoms with Crippen LogP contribution in [-0.2, 0) is 6.54 Å². The Morgan fingerprint density at radius 2 is 1.86 bits per heavy atom. The van der Waals surface area contributed by atoms with Crippen molar-refractivity contribution in [1.29, 1.82) is 0 Å². The monoisotopic (exact) mass is 380 g/mol. The van der Waals surface area contributed by atoms with Crippen LogP contribution in [0.2, 0.25) is 0 Å². The fourth-order valence-corrected chi connectivity index (χ4v) is 3.93. The molecule has 0 radical (unpaired) electrons. The number of ether oxygens (including phenoxy) is 1. The molecule has 3 heterocycles. The van der Waals surface area contributed by atoms with Gasteiger partial charge in [-0.25, -0.2) is 0 Å². The molecule has 148 valence electrons. The first-order valence-electron chi connectivity index (χ1n) is 10.1. The number of likely N-dealkylation sites (tertiary alicyclic amines) is 2. The first-order chi connectivity index (χ1) is 13.7. The van der Waals surface area contributed by atoms with Gasteiger partial charge < -0.3 is 15.4 Å². The summed E-state index contributed by atoms with van der Waals surface area (Å²) in [4.78, 5) is 21.2. The van der Waals surface area contributed by atoms with E-state index in [0.717, 1.165) is 56.9 Å². The highest BCUT2D eigenvalue weighted by molar-refractivity contribution is 5.94. The maximum absolute atomic E-state index is 12.5. The first kappa shape index (κ1) is 18.9. The quantitative estimate of drug-likeness (QED) is 0.862. The van der Waals surface area contributed by atoms with E-state index in [1.165, 1.54) is 0 Å². The van der Waals surface area contributed by atoms with Crippen molar-refractivity contribution in [2.75, 3.05) is 26.2 Å². The molecule has 2 saturated heterocycles. The molecule has 2 aliphatic heterocycles. The fourth-order valence-electron chi connectivity index (χ4n) is 3.93. The molecule has 1 atom stereocenters. The van der Waals surface area contributed by atoms with Gasteiger partial charge in [-0.2, -0.15) is 0 Å². The minimum atomic E-state index is 0.0577. The molecule has 0 bridgehead atoms. The number of carbonyl (C=O) groups excluding carboxylic acids is 1. The zero-order valence-corrected chi connectivity index (χ0v) is 16.2. The van der Waals surface area contributed by atoms with Gasteiger partial charge in [0.15, 0.2) is 0 Å². The molecule has 0 unspecified atom stereocenters. The van der Waals surface area contributed by atoms with E-state index >= 15 is 0 Å². The van der Waals surface area contributed by atoms with Gasteiger partial charge in [-0.3, -0.25) is 14.7 Å². The second-order valence-electron chi connectivity index (χ2n) is 7.74. The zero-order chi connectivity index (χ0) is 19.3. The van der Waals surface area contributed by atoms with Gasteiger partial charge >= 0.3 is 0 Å². The van der Waals surface area contributed by atoms with Crippen molar-refractivity contribution in [3.63, 3.8) is 0 Å². The number of amides is 1. The SMILES string of the molecule is N[C@H]1CCN(C(=O)c2ccc(OC3CCN(Cc4ccccn4)CC3)cc2)C1. The molecule has 28 heavy (non-hydrogen) atoms. The average molecular weight is 380 g/mol. The van der Waals surface area contributed by atoms with Crippen molar-refractivity contribution in [3.8, 4) is 5.75 Å². The van der Waals surface area contributed by atoms with Gasteiger partial charge in [0.05, 0.1) is 5.69 Å². The van der Waals surface area contributed by atoms with Crippen molar-refractivity contribution in [2.45, 2.75) is 38.0 Å². The predicted octanol–water partition coefficient (Wildman–Crippen LogP) is 2.30. The van der Waals surface area contributed by atoms with Crippen molar-refractivity contribution in [3.05, 3.63) is 59.9 Å². The minimum Gasteiger partial charge on any atom is -0.490 e. The van der Waals surface area contributed by atoms with Crippen LogP contribution >= 0.6 is 0 Å². The topological polar surface area (TPSA) is 71.7 Å². The lowest BCUT2D eigenvalue weighted by atomic mass is 10.1. The highest BCUT2D eigenvalue weighted by atomic mass is 16.5. The van der Waals surface area contributed by atoms with Crippen molar-refractivity contribution in [2.24, 2.45) is 5.73 Å². The van der Waals surface area contributed by atoms with Gasteiger partial charge in [-0.05, 0) is 55.7 Å². The Morgan fingerprint density at radius 3 is 2.50 bits per heavy atom. The molecule has 4 rings (SSSR count). The number of benzene rings is 1. The van der Waals surface area contributed by atoms with Gasteiger partial charge in [0.2, 0.25) is 0 Å². The van der Waals surface area contributed by atoms with E-state index in [2.05, 4.69) is 16.0 Å². The number of nitrogens with zero attached hydrogens (tertiary/aromatic N) is 3. The summed E-state index contributed by atoms with van der Waals surface area (Å²) in [6.07, 6.45) is 4.94. The Balaban J connectivity index is 1.25. The van der Waals surface area contributed by atoms with E-state index in [1.54, 1.807) is 0 Å². The normalized spacial score (nSPS) is 21.0. The lowest BCUT2D eigenvalue weighted by molar-refractivity contribution is 0.0790. The second-order valence-corrected chi connectivity index (χ2v) is 7.74. The highest BCUT2D eigenvalue weighted by Crippen LogP contribution is 2.21. The summed E-state index contributed by atoms with van der Waals surface area (Å²) in [5, 5.41) is 0. The van der Waals surface area contributed by atoms with Crippen molar-refractivity contribution in [1.82, 2.24) is 14.8 Å². The third-order valence-electron chi connectivity index (χ3n) is 5.56. The summed E-state index contributed by atoms with van der Waals surface area (Å²) in [7, 11) is 0. The Labute approximate surface area is 166 Å². The maximum Gasteiger partial charge on any atom is 0.253 e. The zero-order valence-electron chi connectivity index (χ0n) is 16.2. The second kappa shape index (κ2) is 8.71. The van der Waals surface area contributed by atoms with Crippen LogP contribution in [0.15, 0.2) is 48.7 Å². The molecule has 1 aromatic carbocycles. The summed E-state index contributed by atoms with van der Waals surface area (Å²) < 4.78 is 6.14. The summed E-state index contributed by atoms with van der Waals surface area (Å²) in [5.41, 5.74) is 7.71. The molecule has 1 aromatic heterocycles. The molecule has 2 aliphatic rings. The van der Waals surface area contributed by atoms with Gasteiger partial charge in [0.25, 0.3) is 5.91 Å². The number of piperidine rings is 1. The van der Waals surface area contributed by atoms with Gasteiger partial charge in [0.1, 0.15) is 11.9 Å². The molecule has 0 aliphatic carbocycles. The number of rotatable bonds is 5. The minimum absolute atomic E-state index is 0.0577. The van der Waals surface area contributed by atoms with Crippen LogP contribution in [0.1, 0.15) is 35.3 Å². The molecule has 2 fully saturated rings. The molecular formula is C22H28N4O2. The lowest BCUT2D eigenvalue weighted by Gasteiger charge is -2.31. The van der Waals surface area contributed by atoms with Gasteiger partial charge in [-0.15, -0.1) is 0 Å². The molecule has 0 spiro atoms. The van der Waals surface area contributed by atoms with E-state index in [1.807, 2.05) is 47.5 Å². The lowest BCUT2D eigenvalue weighted by Crippen LogP contribution is -2.38. The van der Waals surface area contributed by atoms with Crippen LogP contribution in [0.3, 0.4) is 0 Å². The largest absolute Gasteiger partial charge is 0.490 e. The predicted molar refractivity (Wildman–Crippen MR) is 108 cm³/mol. The van der Waals surface area contributed by atoms with Crippen molar-refractivity contribution < 1.29 is 9.53 Å². The van der Waals surface area contributed by atoms with Crippen LogP contribution in [0.5, 0.6) is 5.75 Å². The summed E-state index contributed by atoms with van der Waals surface area (Å²) in [6.45, 7) is 4.30. The van der Waals surface area contributed by atoms with Crippen LogP contribution in [0.25, 0.3) is 0 Å². The fraction of sp³-hybridized carbons (Fsp3) is 0.455. The van der Waals surface area contributed by atoms with Crippen molar-refractivity contribution >= 4 is 5.91 Å². The molecule has 6 heteroatoms. The standard InChI is InChI=1S/C22H28N4O2/c23-18-8-14-26(15-18)22(27)17-4-6-20(7-5-17)28-21-9-12-25(13-10-21)16-19-3-1-2-11-24-19/h1-7,11,18,21H,8-10,12-16,23H2/t18-/m0/s1. The molecule has 6 nitrogen and oxygen atoms in total.